The Bertz CT molecular complexity index is 998. The van der Waals surface area contributed by atoms with E-state index in [1.54, 1.807) is 38.5 Å². The third kappa shape index (κ3) is 5.54. The lowest BCUT2D eigenvalue weighted by molar-refractivity contribution is -0.140. The van der Waals surface area contributed by atoms with E-state index < -0.39 is 17.7 Å². The van der Waals surface area contributed by atoms with E-state index in [1.165, 1.54) is 4.90 Å². The Morgan fingerprint density at radius 1 is 1.00 bits per heavy atom. The van der Waals surface area contributed by atoms with Gasteiger partial charge in [0.05, 0.1) is 25.3 Å². The maximum Gasteiger partial charge on any atom is 0.295 e. The van der Waals surface area contributed by atoms with E-state index in [-0.39, 0.29) is 11.3 Å². The van der Waals surface area contributed by atoms with Gasteiger partial charge in [0.25, 0.3) is 11.7 Å². The molecule has 1 aliphatic heterocycles. The number of nitrogens with zero attached hydrogens (tertiary/aromatic N) is 1. The van der Waals surface area contributed by atoms with Crippen molar-refractivity contribution >= 4 is 17.4 Å². The van der Waals surface area contributed by atoms with Crippen LogP contribution in [0, 0.1) is 0 Å². The molecule has 1 unspecified atom stereocenters. The summed E-state index contributed by atoms with van der Waals surface area (Å²) < 4.78 is 16.1. The van der Waals surface area contributed by atoms with E-state index in [1.807, 2.05) is 24.3 Å². The SMILES string of the molecule is CCCCOc1cccc(C2/C(=C(\O)c3ccc(OC)cc3)C(=O)C(=O)N2CCCOC)c1. The van der Waals surface area contributed by atoms with Crippen LogP contribution in [0.25, 0.3) is 5.76 Å². The zero-order valence-electron chi connectivity index (χ0n) is 19.4. The summed E-state index contributed by atoms with van der Waals surface area (Å²) in [6.45, 7) is 3.45. The van der Waals surface area contributed by atoms with Crippen LogP contribution in [-0.2, 0) is 14.3 Å². The molecule has 1 heterocycles. The number of aliphatic hydroxyl groups excluding tert-OH is 1. The number of unbranched alkanes of at least 4 members (excludes halogenated alkanes) is 1. The van der Waals surface area contributed by atoms with Crippen molar-refractivity contribution in [3.63, 3.8) is 0 Å². The van der Waals surface area contributed by atoms with Gasteiger partial charge in [-0.2, -0.15) is 0 Å². The zero-order chi connectivity index (χ0) is 23.8. The van der Waals surface area contributed by atoms with Gasteiger partial charge in [-0.05, 0) is 54.8 Å². The Labute approximate surface area is 194 Å². The van der Waals surface area contributed by atoms with E-state index in [0.717, 1.165) is 12.8 Å². The van der Waals surface area contributed by atoms with Gasteiger partial charge in [-0.3, -0.25) is 9.59 Å². The van der Waals surface area contributed by atoms with Crippen molar-refractivity contribution in [2.45, 2.75) is 32.2 Å². The van der Waals surface area contributed by atoms with Gasteiger partial charge in [-0.15, -0.1) is 0 Å². The van der Waals surface area contributed by atoms with Crippen molar-refractivity contribution in [1.82, 2.24) is 4.90 Å². The minimum absolute atomic E-state index is 0.0632. The number of carbonyl (C=O) groups is 2. The lowest BCUT2D eigenvalue weighted by Gasteiger charge is -2.25. The van der Waals surface area contributed by atoms with E-state index >= 15 is 0 Å². The molecule has 3 rings (SSSR count). The average Bonchev–Trinajstić information content (AvgIpc) is 3.09. The molecule has 1 fully saturated rings. The van der Waals surface area contributed by atoms with E-state index in [0.29, 0.717) is 48.8 Å². The van der Waals surface area contributed by atoms with Crippen LogP contribution < -0.4 is 9.47 Å². The van der Waals surface area contributed by atoms with Crippen LogP contribution in [-0.4, -0.2) is 55.7 Å². The second-order valence-corrected chi connectivity index (χ2v) is 7.84. The molecule has 0 aliphatic carbocycles. The first-order chi connectivity index (χ1) is 16.0. The van der Waals surface area contributed by atoms with Gasteiger partial charge < -0.3 is 24.2 Å². The number of hydrogen-bond donors (Lipinski definition) is 1. The van der Waals surface area contributed by atoms with Gasteiger partial charge in [0.1, 0.15) is 17.3 Å². The summed E-state index contributed by atoms with van der Waals surface area (Å²) in [5.74, 6) is -0.271. The molecule has 176 valence electrons. The number of ether oxygens (including phenoxy) is 3. The summed E-state index contributed by atoms with van der Waals surface area (Å²) in [6, 6.07) is 13.3. The molecule has 0 bridgehead atoms. The quantitative estimate of drug-likeness (QED) is 0.236. The smallest absolute Gasteiger partial charge is 0.295 e. The van der Waals surface area contributed by atoms with Crippen molar-refractivity contribution in [3.05, 3.63) is 65.2 Å². The number of methoxy groups -OCH3 is 2. The first-order valence-corrected chi connectivity index (χ1v) is 11.2. The third-order valence-electron chi connectivity index (χ3n) is 5.59. The summed E-state index contributed by atoms with van der Waals surface area (Å²) in [7, 11) is 3.14. The second kappa shape index (κ2) is 11.5. The molecule has 0 aromatic heterocycles. The van der Waals surface area contributed by atoms with Crippen molar-refractivity contribution in [3.8, 4) is 11.5 Å². The zero-order valence-corrected chi connectivity index (χ0v) is 19.4. The fraction of sp³-hybridized carbons (Fsp3) is 0.385. The molecule has 0 spiro atoms. The lowest BCUT2D eigenvalue weighted by Crippen LogP contribution is -2.31. The molecule has 7 nitrogen and oxygen atoms in total. The molecule has 0 saturated carbocycles. The number of amides is 1. The minimum atomic E-state index is -0.723. The van der Waals surface area contributed by atoms with Crippen molar-refractivity contribution in [2.24, 2.45) is 0 Å². The molecule has 0 radical (unpaired) electrons. The highest BCUT2D eigenvalue weighted by Gasteiger charge is 2.45. The average molecular weight is 454 g/mol. The molecule has 1 amide bonds. The molecule has 33 heavy (non-hydrogen) atoms. The van der Waals surface area contributed by atoms with Gasteiger partial charge in [0.15, 0.2) is 0 Å². The molecule has 1 aliphatic rings. The predicted molar refractivity (Wildman–Crippen MR) is 125 cm³/mol. The second-order valence-electron chi connectivity index (χ2n) is 7.84. The van der Waals surface area contributed by atoms with Crippen LogP contribution in [0.2, 0.25) is 0 Å². The van der Waals surface area contributed by atoms with Crippen LogP contribution in [0.15, 0.2) is 54.1 Å². The Kier molecular flexibility index (Phi) is 8.49. The van der Waals surface area contributed by atoms with Crippen molar-refractivity contribution in [2.75, 3.05) is 34.0 Å². The standard InChI is InChI=1S/C26H31NO6/c1-4-5-16-33-21-9-6-8-19(17-21)23-22(24(28)18-10-12-20(32-3)13-11-18)25(29)26(30)27(23)14-7-15-31-2/h6,8-13,17,23,28H,4-5,7,14-16H2,1-3H3/b24-22+. The molecule has 1 atom stereocenters. The van der Waals surface area contributed by atoms with Crippen LogP contribution in [0.3, 0.4) is 0 Å². The highest BCUT2D eigenvalue weighted by atomic mass is 16.5. The van der Waals surface area contributed by atoms with E-state index in [9.17, 15) is 14.7 Å². The minimum Gasteiger partial charge on any atom is -0.507 e. The number of ketones is 1. The fourth-order valence-electron chi connectivity index (χ4n) is 3.85. The number of rotatable bonds is 11. The highest BCUT2D eigenvalue weighted by Crippen LogP contribution is 2.40. The molecule has 2 aromatic rings. The molecule has 2 aromatic carbocycles. The maximum absolute atomic E-state index is 13.1. The molecule has 1 N–H and O–H groups in total. The fourth-order valence-corrected chi connectivity index (χ4v) is 3.85. The molecular formula is C26H31NO6. The van der Waals surface area contributed by atoms with Gasteiger partial charge >= 0.3 is 0 Å². The third-order valence-corrected chi connectivity index (χ3v) is 5.59. The molecule has 1 saturated heterocycles. The van der Waals surface area contributed by atoms with Crippen LogP contribution in [0.4, 0.5) is 0 Å². The maximum atomic E-state index is 13.1. The van der Waals surface area contributed by atoms with Crippen LogP contribution in [0.1, 0.15) is 43.4 Å². The van der Waals surface area contributed by atoms with Gasteiger partial charge in [-0.1, -0.05) is 25.5 Å². The first kappa shape index (κ1) is 24.3. The normalized spacial score (nSPS) is 17.4. The summed E-state index contributed by atoms with van der Waals surface area (Å²) in [5.41, 5.74) is 1.20. The summed E-state index contributed by atoms with van der Waals surface area (Å²) in [5, 5.41) is 11.1. The number of hydrogen-bond acceptors (Lipinski definition) is 6. The molecular weight excluding hydrogens is 422 g/mol. The van der Waals surface area contributed by atoms with E-state index in [4.69, 9.17) is 14.2 Å². The predicted octanol–water partition coefficient (Wildman–Crippen LogP) is 4.33. The van der Waals surface area contributed by atoms with Crippen molar-refractivity contribution < 1.29 is 28.9 Å². The summed E-state index contributed by atoms with van der Waals surface area (Å²) >= 11 is 0. The monoisotopic (exact) mass is 453 g/mol. The largest absolute Gasteiger partial charge is 0.507 e. The topological polar surface area (TPSA) is 85.3 Å². The number of likely N-dealkylation sites (tertiary alicyclic amines) is 1. The Hall–Kier alpha value is -3.32. The number of Topliss-reactive ketones (excluding diaryl/α,β-unsaturated/α-hetero) is 1. The lowest BCUT2D eigenvalue weighted by atomic mass is 9.95. The Morgan fingerprint density at radius 2 is 1.76 bits per heavy atom. The van der Waals surface area contributed by atoms with Crippen LogP contribution >= 0.6 is 0 Å². The van der Waals surface area contributed by atoms with Gasteiger partial charge in [-0.25, -0.2) is 0 Å². The molecule has 7 heteroatoms. The van der Waals surface area contributed by atoms with E-state index in [2.05, 4.69) is 6.92 Å². The highest BCUT2D eigenvalue weighted by molar-refractivity contribution is 6.46. The first-order valence-electron chi connectivity index (χ1n) is 11.2. The summed E-state index contributed by atoms with van der Waals surface area (Å²) in [4.78, 5) is 27.5. The Morgan fingerprint density at radius 3 is 2.42 bits per heavy atom. The number of carbonyl (C=O) groups excluding carboxylic acids is 2. The van der Waals surface area contributed by atoms with Crippen LogP contribution in [0.5, 0.6) is 11.5 Å². The van der Waals surface area contributed by atoms with Gasteiger partial charge in [0.2, 0.25) is 0 Å². The number of benzene rings is 2. The van der Waals surface area contributed by atoms with Gasteiger partial charge in [0, 0.05) is 25.8 Å². The van der Waals surface area contributed by atoms with Crippen molar-refractivity contribution in [1.29, 1.82) is 0 Å². The summed E-state index contributed by atoms with van der Waals surface area (Å²) in [6.07, 6.45) is 2.51. The Balaban J connectivity index is 2.05. The number of aliphatic hydroxyl groups is 1.